The number of hydrogen-bond acceptors (Lipinski definition) is 5. The van der Waals surface area contributed by atoms with Crippen LogP contribution in [0.5, 0.6) is 5.75 Å². The van der Waals surface area contributed by atoms with E-state index in [1.807, 2.05) is 13.8 Å². The van der Waals surface area contributed by atoms with Crippen LogP contribution in [-0.4, -0.2) is 50.9 Å². The van der Waals surface area contributed by atoms with Gasteiger partial charge in [0.05, 0.1) is 17.2 Å². The zero-order valence-corrected chi connectivity index (χ0v) is 25.8. The standard InChI is InChI=1S/C29H33BrClN3O5S/c1-4-18-32-29(36)21(3)33(19-22-6-10-24(31)11-7-22)28(35)20-34(25-12-14-26(15-13-25)39-5-2)40(37,38)27-16-8-23(30)9-17-27/h6-17,21H,4-5,18-20H2,1-3H3,(H,32,36)/t21-/m1/s1. The largest absolute Gasteiger partial charge is 0.494 e. The third-order valence-corrected chi connectivity index (χ3v) is 8.67. The topological polar surface area (TPSA) is 96.0 Å². The van der Waals surface area contributed by atoms with Crippen molar-refractivity contribution >= 4 is 55.1 Å². The maximum absolute atomic E-state index is 13.9. The highest BCUT2D eigenvalue weighted by Gasteiger charge is 2.32. The van der Waals surface area contributed by atoms with Crippen molar-refractivity contribution < 1.29 is 22.7 Å². The van der Waals surface area contributed by atoms with Gasteiger partial charge in [0.2, 0.25) is 11.8 Å². The molecule has 0 spiro atoms. The van der Waals surface area contributed by atoms with Crippen LogP contribution in [0, 0.1) is 0 Å². The molecule has 0 saturated heterocycles. The van der Waals surface area contributed by atoms with Crippen molar-refractivity contribution in [3.63, 3.8) is 0 Å². The van der Waals surface area contributed by atoms with Crippen LogP contribution >= 0.6 is 27.5 Å². The highest BCUT2D eigenvalue weighted by molar-refractivity contribution is 9.10. The Morgan fingerprint density at radius 3 is 2.17 bits per heavy atom. The number of sulfonamides is 1. The summed E-state index contributed by atoms with van der Waals surface area (Å²) in [6.07, 6.45) is 0.737. The Bertz CT molecular complexity index is 1380. The number of ether oxygens (including phenoxy) is 1. The lowest BCUT2D eigenvalue weighted by Gasteiger charge is -2.32. The van der Waals surface area contributed by atoms with Crippen molar-refractivity contribution in [2.75, 3.05) is 24.0 Å². The van der Waals surface area contributed by atoms with E-state index >= 15 is 0 Å². The van der Waals surface area contributed by atoms with E-state index in [0.717, 1.165) is 20.8 Å². The molecule has 1 atom stereocenters. The Balaban J connectivity index is 2.01. The van der Waals surface area contributed by atoms with Gasteiger partial charge in [-0.05, 0) is 86.5 Å². The summed E-state index contributed by atoms with van der Waals surface area (Å²) in [5, 5.41) is 3.36. The smallest absolute Gasteiger partial charge is 0.264 e. The van der Waals surface area contributed by atoms with Crippen molar-refractivity contribution in [3.8, 4) is 5.75 Å². The van der Waals surface area contributed by atoms with Gasteiger partial charge in [0.25, 0.3) is 10.0 Å². The Hall–Kier alpha value is -3.08. The number of rotatable bonds is 13. The number of anilines is 1. The van der Waals surface area contributed by atoms with Crippen LogP contribution in [0.15, 0.2) is 82.2 Å². The lowest BCUT2D eigenvalue weighted by atomic mass is 10.1. The van der Waals surface area contributed by atoms with Gasteiger partial charge in [-0.25, -0.2) is 8.42 Å². The highest BCUT2D eigenvalue weighted by Crippen LogP contribution is 2.27. The number of benzene rings is 3. The number of amides is 2. The first kappa shape index (κ1) is 31.4. The molecule has 0 aliphatic heterocycles. The quantitative estimate of drug-likeness (QED) is 0.258. The SMILES string of the molecule is CCCNC(=O)[C@@H](C)N(Cc1ccc(Cl)cc1)C(=O)CN(c1ccc(OCC)cc1)S(=O)(=O)c1ccc(Br)cc1. The van der Waals surface area contributed by atoms with Crippen LogP contribution in [0.2, 0.25) is 5.02 Å². The Kier molecular flexibility index (Phi) is 11.4. The predicted octanol–water partition coefficient (Wildman–Crippen LogP) is 5.64. The molecule has 0 aliphatic rings. The molecule has 0 aromatic heterocycles. The van der Waals surface area contributed by atoms with Crippen LogP contribution in [0.1, 0.15) is 32.8 Å². The minimum Gasteiger partial charge on any atom is -0.494 e. The summed E-state index contributed by atoms with van der Waals surface area (Å²) in [5.74, 6) is -0.291. The summed E-state index contributed by atoms with van der Waals surface area (Å²) >= 11 is 9.37. The van der Waals surface area contributed by atoms with Gasteiger partial charge in [-0.2, -0.15) is 0 Å². The highest BCUT2D eigenvalue weighted by atomic mass is 79.9. The first-order chi connectivity index (χ1) is 19.1. The van der Waals surface area contributed by atoms with Gasteiger partial charge in [-0.15, -0.1) is 0 Å². The molecule has 0 fully saturated rings. The zero-order chi connectivity index (χ0) is 29.3. The fourth-order valence-corrected chi connectivity index (χ4v) is 5.71. The molecule has 1 N–H and O–H groups in total. The van der Waals surface area contributed by atoms with Crippen LogP contribution in [-0.2, 0) is 26.2 Å². The molecule has 3 aromatic rings. The van der Waals surface area contributed by atoms with Crippen molar-refractivity contribution in [2.24, 2.45) is 0 Å². The summed E-state index contributed by atoms with van der Waals surface area (Å²) in [6.45, 7) is 5.90. The molecule has 0 saturated carbocycles. The average Bonchev–Trinajstić information content (AvgIpc) is 2.94. The molecule has 0 heterocycles. The molecule has 0 radical (unpaired) electrons. The average molecular weight is 651 g/mol. The molecule has 3 rings (SSSR count). The minimum absolute atomic E-state index is 0.0235. The lowest BCUT2D eigenvalue weighted by molar-refractivity contribution is -0.139. The van der Waals surface area contributed by atoms with Crippen molar-refractivity contribution in [3.05, 3.63) is 87.9 Å². The number of carbonyl (C=O) groups is 2. The second-order valence-electron chi connectivity index (χ2n) is 9.01. The summed E-state index contributed by atoms with van der Waals surface area (Å²) in [6, 6.07) is 18.8. The van der Waals surface area contributed by atoms with Crippen LogP contribution in [0.25, 0.3) is 0 Å². The third-order valence-electron chi connectivity index (χ3n) is 6.10. The number of nitrogens with zero attached hydrogens (tertiary/aromatic N) is 2. The predicted molar refractivity (Wildman–Crippen MR) is 161 cm³/mol. The maximum atomic E-state index is 13.9. The zero-order valence-electron chi connectivity index (χ0n) is 22.6. The van der Waals surface area contributed by atoms with Gasteiger partial charge >= 0.3 is 0 Å². The molecular weight excluding hydrogens is 618 g/mol. The second-order valence-corrected chi connectivity index (χ2v) is 12.2. The van der Waals surface area contributed by atoms with E-state index in [1.165, 1.54) is 17.0 Å². The van der Waals surface area contributed by atoms with Gasteiger partial charge in [0.1, 0.15) is 18.3 Å². The van der Waals surface area contributed by atoms with Crippen molar-refractivity contribution in [2.45, 2.75) is 44.7 Å². The van der Waals surface area contributed by atoms with E-state index in [1.54, 1.807) is 67.6 Å². The van der Waals surface area contributed by atoms with Crippen LogP contribution in [0.3, 0.4) is 0 Å². The van der Waals surface area contributed by atoms with Crippen molar-refractivity contribution in [1.82, 2.24) is 10.2 Å². The summed E-state index contributed by atoms with van der Waals surface area (Å²) in [4.78, 5) is 28.2. The first-order valence-electron chi connectivity index (χ1n) is 12.9. The molecule has 2 amide bonds. The van der Waals surface area contributed by atoms with E-state index in [0.29, 0.717) is 23.9 Å². The number of halogens is 2. The molecule has 8 nitrogen and oxygen atoms in total. The van der Waals surface area contributed by atoms with Gasteiger partial charge in [-0.1, -0.05) is 46.6 Å². The molecule has 214 valence electrons. The van der Waals surface area contributed by atoms with E-state index in [2.05, 4.69) is 21.2 Å². The molecule has 0 unspecified atom stereocenters. The lowest BCUT2D eigenvalue weighted by Crippen LogP contribution is -2.51. The van der Waals surface area contributed by atoms with E-state index < -0.39 is 28.5 Å². The van der Waals surface area contributed by atoms with Crippen molar-refractivity contribution in [1.29, 1.82) is 0 Å². The number of carbonyl (C=O) groups excluding carboxylic acids is 2. The Morgan fingerprint density at radius 1 is 0.975 bits per heavy atom. The summed E-state index contributed by atoms with van der Waals surface area (Å²) in [7, 11) is -4.16. The monoisotopic (exact) mass is 649 g/mol. The van der Waals surface area contributed by atoms with Crippen LogP contribution < -0.4 is 14.4 Å². The normalized spacial score (nSPS) is 11.9. The fraction of sp³-hybridized carbons (Fsp3) is 0.310. The fourth-order valence-electron chi connectivity index (χ4n) is 3.90. The molecule has 40 heavy (non-hydrogen) atoms. The summed E-state index contributed by atoms with van der Waals surface area (Å²) in [5.41, 5.74) is 1.03. The summed E-state index contributed by atoms with van der Waals surface area (Å²) < 4.78 is 35.0. The van der Waals surface area contributed by atoms with Gasteiger partial charge < -0.3 is 15.0 Å². The molecule has 3 aromatic carbocycles. The molecule has 0 aliphatic carbocycles. The minimum atomic E-state index is -4.16. The molecular formula is C29H33BrClN3O5S. The Morgan fingerprint density at radius 2 is 1.60 bits per heavy atom. The van der Waals surface area contributed by atoms with Gasteiger partial charge in [-0.3, -0.25) is 13.9 Å². The Labute approximate surface area is 249 Å². The van der Waals surface area contributed by atoms with E-state index in [4.69, 9.17) is 16.3 Å². The molecule has 0 bridgehead atoms. The van der Waals surface area contributed by atoms with Crippen LogP contribution in [0.4, 0.5) is 5.69 Å². The maximum Gasteiger partial charge on any atom is 0.264 e. The number of nitrogens with one attached hydrogen (secondary N) is 1. The molecule has 11 heteroatoms. The van der Waals surface area contributed by atoms with Gasteiger partial charge in [0.15, 0.2) is 0 Å². The third kappa shape index (κ3) is 8.22. The van der Waals surface area contributed by atoms with E-state index in [9.17, 15) is 18.0 Å². The number of hydrogen-bond donors (Lipinski definition) is 1. The second kappa shape index (κ2) is 14.5. The van der Waals surface area contributed by atoms with E-state index in [-0.39, 0.29) is 23.0 Å². The first-order valence-corrected chi connectivity index (χ1v) is 15.5. The van der Waals surface area contributed by atoms with Gasteiger partial charge in [0, 0.05) is 22.6 Å².